The number of aliphatic hydroxyl groups excluding tert-OH is 1. The Labute approximate surface area is 239 Å². The molecule has 9 nitrogen and oxygen atoms in total. The minimum Gasteiger partial charge on any atom is -0.391 e. The van der Waals surface area contributed by atoms with E-state index in [0.717, 1.165) is 49.9 Å². The lowest BCUT2D eigenvalue weighted by atomic mass is 9.94. The van der Waals surface area contributed by atoms with E-state index >= 15 is 0 Å². The summed E-state index contributed by atoms with van der Waals surface area (Å²) in [6.45, 7) is 4.04. The van der Waals surface area contributed by atoms with Gasteiger partial charge in [0.1, 0.15) is 16.7 Å². The topological polar surface area (TPSA) is 95.6 Å². The second-order valence-corrected chi connectivity index (χ2v) is 11.6. The van der Waals surface area contributed by atoms with Gasteiger partial charge in [-0.2, -0.15) is 0 Å². The molecule has 2 aromatic heterocycles. The number of anilines is 1. The monoisotopic (exact) mass is 564 g/mol. The van der Waals surface area contributed by atoms with E-state index in [1.807, 2.05) is 50.8 Å². The number of carbonyl (C=O) groups is 1. The van der Waals surface area contributed by atoms with E-state index in [1.54, 1.807) is 10.6 Å². The maximum atomic E-state index is 14.4. The minimum atomic E-state index is -0.395. The van der Waals surface area contributed by atoms with Crippen LogP contribution >= 0.6 is 11.6 Å². The minimum absolute atomic E-state index is 0.0509. The van der Waals surface area contributed by atoms with Crippen molar-refractivity contribution in [3.8, 4) is 11.3 Å². The molecule has 0 radical (unpaired) electrons. The molecule has 6 rings (SSSR count). The van der Waals surface area contributed by atoms with Gasteiger partial charge < -0.3 is 20.2 Å². The molecule has 0 unspecified atom stereocenters. The summed E-state index contributed by atoms with van der Waals surface area (Å²) in [5, 5.41) is 13.7. The van der Waals surface area contributed by atoms with Gasteiger partial charge in [0.15, 0.2) is 0 Å². The van der Waals surface area contributed by atoms with Crippen LogP contribution in [0.15, 0.2) is 47.3 Å². The third kappa shape index (κ3) is 5.42. The molecule has 0 spiro atoms. The van der Waals surface area contributed by atoms with Crippen molar-refractivity contribution in [1.82, 2.24) is 24.3 Å². The number of carbonyl (C=O) groups excluding carboxylic acids is 1. The van der Waals surface area contributed by atoms with Gasteiger partial charge in [-0.05, 0) is 37.0 Å². The van der Waals surface area contributed by atoms with Crippen LogP contribution in [-0.2, 0) is 6.54 Å². The smallest absolute Gasteiger partial charge is 0.329 e. The molecule has 2 saturated heterocycles. The molecule has 212 valence electrons. The second-order valence-electron chi connectivity index (χ2n) is 11.2. The fraction of sp³-hybridized carbons (Fsp3) is 0.500. The number of halogens is 1. The van der Waals surface area contributed by atoms with Crippen molar-refractivity contribution in [1.29, 1.82) is 0 Å². The van der Waals surface area contributed by atoms with E-state index in [1.165, 1.54) is 6.42 Å². The number of hydrogen-bond acceptors (Lipinski definition) is 6. The van der Waals surface area contributed by atoms with E-state index in [0.29, 0.717) is 55.0 Å². The number of benzene rings is 1. The lowest BCUT2D eigenvalue weighted by molar-refractivity contribution is 0.0725. The van der Waals surface area contributed by atoms with Crippen LogP contribution in [0.5, 0.6) is 0 Å². The van der Waals surface area contributed by atoms with Crippen LogP contribution in [0, 0.1) is 0 Å². The summed E-state index contributed by atoms with van der Waals surface area (Å²) in [4.78, 5) is 37.0. The zero-order chi connectivity index (χ0) is 27.6. The summed E-state index contributed by atoms with van der Waals surface area (Å²) in [7, 11) is 0. The van der Waals surface area contributed by atoms with Crippen LogP contribution in [0.25, 0.3) is 11.3 Å². The zero-order valence-corrected chi connectivity index (χ0v) is 23.5. The number of rotatable bonds is 6. The third-order valence-corrected chi connectivity index (χ3v) is 8.63. The Morgan fingerprint density at radius 2 is 1.77 bits per heavy atom. The molecular formula is C30H37ClN6O3. The van der Waals surface area contributed by atoms with Crippen molar-refractivity contribution in [2.24, 2.45) is 0 Å². The highest BCUT2D eigenvalue weighted by Crippen LogP contribution is 2.34. The van der Waals surface area contributed by atoms with E-state index in [2.05, 4.69) is 10.3 Å². The molecule has 3 fully saturated rings. The van der Waals surface area contributed by atoms with Crippen molar-refractivity contribution in [3.05, 3.63) is 69.4 Å². The molecule has 1 saturated carbocycles. The summed E-state index contributed by atoms with van der Waals surface area (Å²) in [5.41, 5.74) is 2.67. The number of nitrogens with one attached hydrogen (secondary N) is 1. The predicted molar refractivity (Wildman–Crippen MR) is 156 cm³/mol. The van der Waals surface area contributed by atoms with E-state index in [9.17, 15) is 14.7 Å². The molecule has 10 heteroatoms. The van der Waals surface area contributed by atoms with Gasteiger partial charge >= 0.3 is 5.69 Å². The number of piperazine rings is 1. The first-order valence-electron chi connectivity index (χ1n) is 14.5. The van der Waals surface area contributed by atoms with E-state index in [4.69, 9.17) is 11.6 Å². The largest absolute Gasteiger partial charge is 0.391 e. The van der Waals surface area contributed by atoms with Gasteiger partial charge in [0, 0.05) is 50.9 Å². The molecule has 4 heterocycles. The molecule has 2 N–H and O–H groups in total. The highest BCUT2D eigenvalue weighted by Gasteiger charge is 2.33. The number of β-amino-alcohol motifs (C(OH)–C–C–N with tert-alkyl or cyclic N) is 1. The van der Waals surface area contributed by atoms with Crippen LogP contribution in [0.1, 0.15) is 60.6 Å². The second kappa shape index (κ2) is 11.8. The van der Waals surface area contributed by atoms with Crippen LogP contribution in [0.3, 0.4) is 0 Å². The maximum Gasteiger partial charge on any atom is 0.329 e. The molecule has 3 aromatic rings. The van der Waals surface area contributed by atoms with Gasteiger partial charge in [0.2, 0.25) is 0 Å². The van der Waals surface area contributed by atoms with Crippen molar-refractivity contribution in [2.45, 2.75) is 57.2 Å². The quantitative estimate of drug-likeness (QED) is 0.445. The molecule has 1 aromatic carbocycles. The van der Waals surface area contributed by atoms with Crippen LogP contribution in [-0.4, -0.2) is 75.4 Å². The average molecular weight is 565 g/mol. The number of pyridine rings is 1. The Balaban J connectivity index is 1.50. The lowest BCUT2D eigenvalue weighted by Gasteiger charge is -2.28. The van der Waals surface area contributed by atoms with Gasteiger partial charge in [-0.1, -0.05) is 61.2 Å². The molecule has 1 amide bonds. The van der Waals surface area contributed by atoms with Gasteiger partial charge in [-0.25, -0.2) is 9.78 Å². The summed E-state index contributed by atoms with van der Waals surface area (Å²) < 4.78 is 3.57. The fourth-order valence-electron chi connectivity index (χ4n) is 6.41. The lowest BCUT2D eigenvalue weighted by Crippen LogP contribution is -2.47. The molecule has 0 bridgehead atoms. The third-order valence-electron chi connectivity index (χ3n) is 8.43. The predicted octanol–water partition coefficient (Wildman–Crippen LogP) is 3.54. The van der Waals surface area contributed by atoms with Gasteiger partial charge in [-0.3, -0.25) is 13.9 Å². The van der Waals surface area contributed by atoms with Crippen LogP contribution in [0.4, 0.5) is 5.82 Å². The zero-order valence-electron chi connectivity index (χ0n) is 22.8. The van der Waals surface area contributed by atoms with E-state index < -0.39 is 6.10 Å². The summed E-state index contributed by atoms with van der Waals surface area (Å²) in [5.74, 6) is 0.562. The summed E-state index contributed by atoms with van der Waals surface area (Å²) in [6.07, 6.45) is 5.44. The van der Waals surface area contributed by atoms with E-state index in [-0.39, 0.29) is 24.2 Å². The number of aliphatic hydroxyl groups is 1. The summed E-state index contributed by atoms with van der Waals surface area (Å²) >= 11 is 6.47. The Hall–Kier alpha value is -3.14. The molecular weight excluding hydrogens is 528 g/mol. The average Bonchev–Trinajstić information content (AvgIpc) is 3.54. The number of hydrogen-bond donors (Lipinski definition) is 2. The molecule has 1 atom stereocenters. The fourth-order valence-corrected chi connectivity index (χ4v) is 6.64. The normalized spacial score (nSPS) is 20.3. The Bertz CT molecular complexity index is 1410. The first-order chi connectivity index (χ1) is 19.5. The number of imidazole rings is 1. The summed E-state index contributed by atoms with van der Waals surface area (Å²) in [6, 6.07) is 13.6. The van der Waals surface area contributed by atoms with Crippen LogP contribution < -0.4 is 15.9 Å². The van der Waals surface area contributed by atoms with Crippen molar-refractivity contribution < 1.29 is 9.90 Å². The number of aromatic nitrogens is 3. The van der Waals surface area contributed by atoms with Gasteiger partial charge in [-0.15, -0.1) is 0 Å². The van der Waals surface area contributed by atoms with Gasteiger partial charge in [0.05, 0.1) is 18.3 Å². The first-order valence-corrected chi connectivity index (χ1v) is 14.9. The standard InChI is InChI=1S/C30H37ClN6O3/c31-25-17-21(18-26(33-25)35-14-11-24(38)20-35)19-36-28(29(39)34-15-12-32-13-16-34)27(22-7-3-1-4-8-22)37(30(36)40)23-9-5-2-6-10-23/h1,3-4,7-8,17-18,23-24,32,38H,2,5-6,9-16,19-20H2/t24-/m1/s1. The van der Waals surface area contributed by atoms with Crippen molar-refractivity contribution in [2.75, 3.05) is 44.2 Å². The SMILES string of the molecule is O=C(c1c(-c2ccccc2)n(C2CCCCC2)c(=O)n1Cc1cc(Cl)nc(N2CC[C@@H](O)C2)c1)N1CCNCC1. The van der Waals surface area contributed by atoms with Gasteiger partial charge in [0.25, 0.3) is 5.91 Å². The molecule has 2 aliphatic heterocycles. The Morgan fingerprint density at radius 1 is 1.02 bits per heavy atom. The first kappa shape index (κ1) is 27.1. The van der Waals surface area contributed by atoms with Crippen molar-refractivity contribution in [3.63, 3.8) is 0 Å². The highest BCUT2D eigenvalue weighted by atomic mass is 35.5. The van der Waals surface area contributed by atoms with Crippen molar-refractivity contribution >= 4 is 23.3 Å². The molecule has 40 heavy (non-hydrogen) atoms. The Kier molecular flexibility index (Phi) is 7.96. The number of nitrogens with zero attached hydrogens (tertiary/aromatic N) is 5. The highest BCUT2D eigenvalue weighted by molar-refractivity contribution is 6.29. The Morgan fingerprint density at radius 3 is 2.48 bits per heavy atom. The molecule has 1 aliphatic carbocycles. The van der Waals surface area contributed by atoms with Crippen LogP contribution in [0.2, 0.25) is 5.15 Å². The number of amides is 1. The maximum absolute atomic E-state index is 14.4. The molecule has 3 aliphatic rings.